The molecule has 0 aromatic heterocycles. The summed E-state index contributed by atoms with van der Waals surface area (Å²) in [5.41, 5.74) is 18.9. The summed E-state index contributed by atoms with van der Waals surface area (Å²) in [6, 6.07) is 2.01. The second-order valence-corrected chi connectivity index (χ2v) is 7.03. The molecule has 124 valence electrons. The van der Waals surface area contributed by atoms with E-state index in [1.54, 1.807) is 0 Å². The van der Waals surface area contributed by atoms with Crippen LogP contribution in [0.2, 0.25) is 0 Å². The molecule has 6 nitrogen and oxygen atoms in total. The van der Waals surface area contributed by atoms with Crippen LogP contribution >= 0.6 is 0 Å². The molecule has 1 aliphatic rings. The van der Waals surface area contributed by atoms with E-state index in [9.17, 15) is 0 Å². The van der Waals surface area contributed by atoms with E-state index in [-0.39, 0.29) is 0 Å². The lowest BCUT2D eigenvalue weighted by atomic mass is 9.73. The lowest BCUT2D eigenvalue weighted by Gasteiger charge is -2.32. The Bertz CT molecular complexity index is 651. The Labute approximate surface area is 138 Å². The first-order valence-corrected chi connectivity index (χ1v) is 7.83. The number of hydrogen-bond acceptors (Lipinski definition) is 4. The highest BCUT2D eigenvalue weighted by Gasteiger charge is 2.52. The van der Waals surface area contributed by atoms with Crippen LogP contribution in [0.25, 0.3) is 10.4 Å². The van der Waals surface area contributed by atoms with Gasteiger partial charge in [-0.25, -0.2) is 0 Å². The molecule has 2 rings (SSSR count). The zero-order valence-corrected chi connectivity index (χ0v) is 14.8. The van der Waals surface area contributed by atoms with E-state index in [1.165, 1.54) is 0 Å². The number of rotatable bonds is 4. The molecule has 0 atom stereocenters. The summed E-state index contributed by atoms with van der Waals surface area (Å²) in [5.74, 6) is 0. The van der Waals surface area contributed by atoms with Crippen LogP contribution in [0.1, 0.15) is 49.9 Å². The maximum absolute atomic E-state index is 8.60. The smallest absolute Gasteiger partial charge is 0.399 e. The van der Waals surface area contributed by atoms with Gasteiger partial charge in [0.05, 0.1) is 17.7 Å². The second-order valence-electron chi connectivity index (χ2n) is 7.03. The van der Waals surface area contributed by atoms with Gasteiger partial charge in [0.25, 0.3) is 0 Å². The van der Waals surface area contributed by atoms with Crippen molar-refractivity contribution < 1.29 is 9.31 Å². The van der Waals surface area contributed by atoms with Crippen molar-refractivity contribution in [3.63, 3.8) is 0 Å². The molecular weight excluding hydrogens is 291 g/mol. The van der Waals surface area contributed by atoms with Gasteiger partial charge in [0.2, 0.25) is 0 Å². The zero-order valence-electron chi connectivity index (χ0n) is 14.8. The van der Waals surface area contributed by atoms with Crippen molar-refractivity contribution in [1.29, 1.82) is 0 Å². The van der Waals surface area contributed by atoms with Gasteiger partial charge >= 0.3 is 7.12 Å². The van der Waals surface area contributed by atoms with E-state index in [0.717, 1.165) is 27.7 Å². The molecular formula is C16H25BN4O2. The van der Waals surface area contributed by atoms with Crippen LogP contribution in [0.15, 0.2) is 11.2 Å². The Hall–Kier alpha value is -1.53. The molecule has 1 aromatic rings. The highest BCUT2D eigenvalue weighted by molar-refractivity contribution is 6.62. The molecule has 1 fully saturated rings. The molecule has 23 heavy (non-hydrogen) atoms. The van der Waals surface area contributed by atoms with Crippen molar-refractivity contribution in [2.24, 2.45) is 10.8 Å². The summed E-state index contributed by atoms with van der Waals surface area (Å²) in [7, 11) is -0.448. The minimum Gasteiger partial charge on any atom is -0.399 e. The monoisotopic (exact) mass is 316 g/mol. The van der Waals surface area contributed by atoms with Crippen LogP contribution < -0.4 is 11.2 Å². The van der Waals surface area contributed by atoms with Crippen molar-refractivity contribution in [3.8, 4) is 0 Å². The van der Waals surface area contributed by atoms with Crippen LogP contribution in [0.3, 0.4) is 0 Å². The SMILES string of the molecule is Cc1c(CN=[N+]=[N-])cc(B2OC(C)(C)C(C)(C)O2)c(C)c1CN. The third kappa shape index (κ3) is 3.10. The largest absolute Gasteiger partial charge is 0.495 e. The van der Waals surface area contributed by atoms with Crippen LogP contribution in [-0.2, 0) is 22.4 Å². The average molecular weight is 316 g/mol. The standard InChI is InChI=1S/C16H25BN4O2/c1-10-12(9-20-21-19)7-14(11(2)13(10)8-18)17-22-15(3,4)16(5,6)23-17/h7H,8-9,18H2,1-6H3. The summed E-state index contributed by atoms with van der Waals surface area (Å²) in [6.45, 7) is 12.9. The maximum atomic E-state index is 8.60. The lowest BCUT2D eigenvalue weighted by molar-refractivity contribution is 0.00578. The van der Waals surface area contributed by atoms with Crippen molar-refractivity contribution in [2.75, 3.05) is 0 Å². The van der Waals surface area contributed by atoms with Crippen molar-refractivity contribution >= 4 is 12.6 Å². The van der Waals surface area contributed by atoms with E-state index in [0.29, 0.717) is 13.1 Å². The fourth-order valence-electron chi connectivity index (χ4n) is 2.85. The number of hydrogen-bond donors (Lipinski definition) is 1. The predicted molar refractivity (Wildman–Crippen MR) is 92.4 cm³/mol. The number of nitrogens with two attached hydrogens (primary N) is 1. The minimum atomic E-state index is -0.448. The minimum absolute atomic E-state index is 0.294. The summed E-state index contributed by atoms with van der Waals surface area (Å²) in [6.07, 6.45) is 0. The molecule has 7 heteroatoms. The third-order valence-electron chi connectivity index (χ3n) is 5.17. The molecule has 0 unspecified atom stereocenters. The van der Waals surface area contributed by atoms with Crippen molar-refractivity contribution in [2.45, 2.75) is 65.8 Å². The first kappa shape index (κ1) is 17.8. The molecule has 0 spiro atoms. The fourth-order valence-corrected chi connectivity index (χ4v) is 2.85. The van der Waals surface area contributed by atoms with E-state index in [2.05, 4.69) is 10.0 Å². The molecule has 1 aromatic carbocycles. The normalized spacial score (nSPS) is 18.8. The van der Waals surface area contributed by atoms with Crippen LogP contribution in [0.5, 0.6) is 0 Å². The second kappa shape index (κ2) is 6.17. The molecule has 0 saturated carbocycles. The third-order valence-corrected chi connectivity index (χ3v) is 5.17. The lowest BCUT2D eigenvalue weighted by Crippen LogP contribution is -2.41. The van der Waals surface area contributed by atoms with Crippen LogP contribution in [0, 0.1) is 13.8 Å². The first-order valence-electron chi connectivity index (χ1n) is 7.83. The van der Waals surface area contributed by atoms with Gasteiger partial charge < -0.3 is 15.0 Å². The molecule has 1 aliphatic heterocycles. The molecule has 0 bridgehead atoms. The maximum Gasteiger partial charge on any atom is 0.495 e. The Morgan fingerprint density at radius 3 is 2.22 bits per heavy atom. The molecule has 2 N–H and O–H groups in total. The summed E-state index contributed by atoms with van der Waals surface area (Å²) in [4.78, 5) is 2.85. The van der Waals surface area contributed by atoms with E-state index < -0.39 is 18.3 Å². The van der Waals surface area contributed by atoms with E-state index in [1.807, 2.05) is 47.6 Å². The van der Waals surface area contributed by atoms with Gasteiger partial charge in [0, 0.05) is 11.5 Å². The van der Waals surface area contributed by atoms with Crippen LogP contribution in [0.4, 0.5) is 0 Å². The zero-order chi connectivity index (χ0) is 17.4. The van der Waals surface area contributed by atoms with Gasteiger partial charge in [-0.05, 0) is 74.8 Å². The predicted octanol–water partition coefficient (Wildman–Crippen LogP) is 2.87. The van der Waals surface area contributed by atoms with Gasteiger partial charge in [-0.3, -0.25) is 0 Å². The number of azide groups is 1. The van der Waals surface area contributed by atoms with Crippen LogP contribution in [-0.4, -0.2) is 18.3 Å². The molecule has 1 heterocycles. The van der Waals surface area contributed by atoms with Gasteiger partial charge in [-0.2, -0.15) is 0 Å². The summed E-state index contributed by atoms with van der Waals surface area (Å²) < 4.78 is 12.3. The fraction of sp³-hybridized carbons (Fsp3) is 0.625. The van der Waals surface area contributed by atoms with Gasteiger partial charge in [0.15, 0.2) is 0 Å². The highest BCUT2D eigenvalue weighted by Crippen LogP contribution is 2.37. The quantitative estimate of drug-likeness (QED) is 0.400. The number of benzene rings is 1. The average Bonchev–Trinajstić information content (AvgIpc) is 2.67. The Morgan fingerprint density at radius 1 is 1.17 bits per heavy atom. The Balaban J connectivity index is 2.53. The van der Waals surface area contributed by atoms with E-state index in [4.69, 9.17) is 20.6 Å². The number of nitrogens with zero attached hydrogens (tertiary/aromatic N) is 3. The Kier molecular flexibility index (Phi) is 4.78. The summed E-state index contributed by atoms with van der Waals surface area (Å²) in [5, 5.41) is 3.69. The first-order chi connectivity index (χ1) is 10.6. The van der Waals surface area contributed by atoms with Crippen molar-refractivity contribution in [3.05, 3.63) is 38.8 Å². The summed E-state index contributed by atoms with van der Waals surface area (Å²) >= 11 is 0. The topological polar surface area (TPSA) is 93.2 Å². The Morgan fingerprint density at radius 2 is 1.74 bits per heavy atom. The van der Waals surface area contributed by atoms with Crippen molar-refractivity contribution in [1.82, 2.24) is 0 Å². The van der Waals surface area contributed by atoms with Gasteiger partial charge in [0.1, 0.15) is 0 Å². The molecule has 1 saturated heterocycles. The van der Waals surface area contributed by atoms with Gasteiger partial charge in [-0.15, -0.1) is 0 Å². The molecule has 0 aliphatic carbocycles. The molecule has 0 amide bonds. The van der Waals surface area contributed by atoms with E-state index >= 15 is 0 Å². The van der Waals surface area contributed by atoms with Gasteiger partial charge in [-0.1, -0.05) is 11.2 Å². The molecule has 0 radical (unpaired) electrons. The highest BCUT2D eigenvalue weighted by atomic mass is 16.7.